The summed E-state index contributed by atoms with van der Waals surface area (Å²) in [7, 11) is 0. The van der Waals surface area contributed by atoms with Gasteiger partial charge in [0.05, 0.1) is 5.69 Å². The van der Waals surface area contributed by atoms with Crippen molar-refractivity contribution >= 4 is 0 Å². The minimum absolute atomic E-state index is 0.134. The summed E-state index contributed by atoms with van der Waals surface area (Å²) in [6, 6.07) is 11.4. The van der Waals surface area contributed by atoms with E-state index in [1.165, 1.54) is 5.56 Å². The smallest absolute Gasteiger partial charge is 0.115 e. The number of pyridine rings is 1. The Morgan fingerprint density at radius 1 is 1.11 bits per heavy atom. The van der Waals surface area contributed by atoms with Crippen molar-refractivity contribution in [2.75, 3.05) is 0 Å². The van der Waals surface area contributed by atoms with Crippen molar-refractivity contribution in [3.05, 3.63) is 47.7 Å². The van der Waals surface area contributed by atoms with Crippen molar-refractivity contribution in [1.82, 2.24) is 4.98 Å². The number of hydrogen-bond donors (Lipinski definition) is 2. The first-order valence-electron chi connectivity index (χ1n) is 6.29. The Morgan fingerprint density at radius 3 is 2.67 bits per heavy atom. The molecule has 1 aliphatic carbocycles. The highest BCUT2D eigenvalue weighted by molar-refractivity contribution is 5.60. The van der Waals surface area contributed by atoms with Gasteiger partial charge in [0.25, 0.3) is 0 Å². The molecule has 0 amide bonds. The Bertz CT molecular complexity index is 563. The molecule has 1 aromatic carbocycles. The summed E-state index contributed by atoms with van der Waals surface area (Å²) in [4.78, 5) is 4.70. The quantitative estimate of drug-likeness (QED) is 0.805. The zero-order valence-electron chi connectivity index (χ0n) is 10.1. The maximum absolute atomic E-state index is 9.29. The third-order valence-electron chi connectivity index (χ3n) is 3.50. The molecule has 0 saturated carbocycles. The molecule has 1 unspecified atom stereocenters. The predicted molar refractivity (Wildman–Crippen MR) is 71.2 cm³/mol. The van der Waals surface area contributed by atoms with Gasteiger partial charge in [-0.3, -0.25) is 4.98 Å². The minimum atomic E-state index is 0.134. The number of hydrogen-bond acceptors (Lipinski definition) is 3. The van der Waals surface area contributed by atoms with E-state index < -0.39 is 0 Å². The van der Waals surface area contributed by atoms with Gasteiger partial charge < -0.3 is 10.8 Å². The van der Waals surface area contributed by atoms with Crippen LogP contribution in [-0.4, -0.2) is 10.1 Å². The molecule has 0 radical (unpaired) electrons. The van der Waals surface area contributed by atoms with Gasteiger partial charge >= 0.3 is 0 Å². The molecule has 18 heavy (non-hydrogen) atoms. The van der Waals surface area contributed by atoms with Crippen LogP contribution in [0, 0.1) is 0 Å². The van der Waals surface area contributed by atoms with Crippen LogP contribution in [-0.2, 0) is 6.42 Å². The van der Waals surface area contributed by atoms with Crippen LogP contribution >= 0.6 is 0 Å². The van der Waals surface area contributed by atoms with Crippen molar-refractivity contribution in [2.24, 2.45) is 5.73 Å². The van der Waals surface area contributed by atoms with Crippen molar-refractivity contribution in [3.8, 4) is 17.0 Å². The second kappa shape index (κ2) is 4.42. The number of benzene rings is 1. The first-order valence-corrected chi connectivity index (χ1v) is 6.29. The van der Waals surface area contributed by atoms with Gasteiger partial charge in [0, 0.05) is 17.3 Å². The van der Waals surface area contributed by atoms with Crippen LogP contribution in [0.4, 0.5) is 0 Å². The number of fused-ring (bicyclic) bond motifs is 1. The molecular weight excluding hydrogens is 224 g/mol. The van der Waals surface area contributed by atoms with Gasteiger partial charge in [-0.15, -0.1) is 0 Å². The van der Waals surface area contributed by atoms with E-state index in [0.717, 1.165) is 36.2 Å². The minimum Gasteiger partial charge on any atom is -0.508 e. The largest absolute Gasteiger partial charge is 0.508 e. The van der Waals surface area contributed by atoms with Crippen LogP contribution in [0.5, 0.6) is 5.75 Å². The fourth-order valence-electron chi connectivity index (χ4n) is 2.49. The SMILES string of the molecule is NC1CCCc2nc(-c3ccc(O)cc3)ccc21. The van der Waals surface area contributed by atoms with Crippen LogP contribution in [0.2, 0.25) is 0 Å². The molecule has 3 N–H and O–H groups in total. The van der Waals surface area contributed by atoms with Gasteiger partial charge in [-0.2, -0.15) is 0 Å². The molecule has 92 valence electrons. The lowest BCUT2D eigenvalue weighted by Crippen LogP contribution is -2.18. The highest BCUT2D eigenvalue weighted by Gasteiger charge is 2.18. The van der Waals surface area contributed by atoms with Crippen molar-refractivity contribution in [1.29, 1.82) is 0 Å². The Kier molecular flexibility index (Phi) is 2.76. The van der Waals surface area contributed by atoms with Crippen LogP contribution < -0.4 is 5.73 Å². The van der Waals surface area contributed by atoms with Gasteiger partial charge in [-0.1, -0.05) is 6.07 Å². The molecule has 1 heterocycles. The summed E-state index contributed by atoms with van der Waals surface area (Å²) >= 11 is 0. The standard InChI is InChI=1S/C15H16N2O/c16-13-2-1-3-15-12(13)8-9-14(17-15)10-4-6-11(18)7-5-10/h4-9,13,18H,1-3,16H2. The van der Waals surface area contributed by atoms with Crippen molar-refractivity contribution in [2.45, 2.75) is 25.3 Å². The van der Waals surface area contributed by atoms with Gasteiger partial charge in [-0.25, -0.2) is 0 Å². The summed E-state index contributed by atoms with van der Waals surface area (Å²) in [5, 5.41) is 9.29. The fraction of sp³-hybridized carbons (Fsp3) is 0.267. The van der Waals surface area contributed by atoms with Crippen LogP contribution in [0.1, 0.15) is 30.1 Å². The number of nitrogens with two attached hydrogens (primary N) is 1. The van der Waals surface area contributed by atoms with Gasteiger partial charge in [0.1, 0.15) is 5.75 Å². The molecular formula is C15H16N2O. The normalized spacial score (nSPS) is 18.4. The lowest BCUT2D eigenvalue weighted by molar-refractivity contribution is 0.475. The van der Waals surface area contributed by atoms with Crippen LogP contribution in [0.25, 0.3) is 11.3 Å². The molecule has 0 fully saturated rings. The van der Waals surface area contributed by atoms with E-state index in [4.69, 9.17) is 10.7 Å². The zero-order valence-corrected chi connectivity index (χ0v) is 10.1. The van der Waals surface area contributed by atoms with E-state index in [1.54, 1.807) is 12.1 Å². The number of nitrogens with zero attached hydrogens (tertiary/aromatic N) is 1. The molecule has 1 aromatic heterocycles. The molecule has 3 rings (SSSR count). The number of aromatic hydroxyl groups is 1. The molecule has 0 saturated heterocycles. The Balaban J connectivity index is 2.01. The Morgan fingerprint density at radius 2 is 1.89 bits per heavy atom. The second-order valence-electron chi connectivity index (χ2n) is 4.78. The average Bonchev–Trinajstić information content (AvgIpc) is 2.39. The molecule has 1 atom stereocenters. The summed E-state index contributed by atoms with van der Waals surface area (Å²) < 4.78 is 0. The molecule has 1 aliphatic rings. The maximum Gasteiger partial charge on any atom is 0.115 e. The third kappa shape index (κ3) is 1.97. The number of phenols is 1. The van der Waals surface area contributed by atoms with E-state index in [1.807, 2.05) is 18.2 Å². The molecule has 0 aliphatic heterocycles. The Hall–Kier alpha value is -1.87. The number of aryl methyl sites for hydroxylation is 1. The molecule has 0 bridgehead atoms. The number of phenolic OH excluding ortho intramolecular Hbond substituents is 1. The summed E-state index contributed by atoms with van der Waals surface area (Å²) in [5.41, 5.74) is 10.4. The van der Waals surface area contributed by atoms with Crippen molar-refractivity contribution in [3.63, 3.8) is 0 Å². The molecule has 2 aromatic rings. The first kappa shape index (κ1) is 11.2. The zero-order chi connectivity index (χ0) is 12.5. The Labute approximate surface area is 106 Å². The molecule has 0 spiro atoms. The summed E-state index contributed by atoms with van der Waals surface area (Å²) in [5.74, 6) is 0.277. The lowest BCUT2D eigenvalue weighted by Gasteiger charge is -2.21. The second-order valence-corrected chi connectivity index (χ2v) is 4.78. The average molecular weight is 240 g/mol. The maximum atomic E-state index is 9.29. The van der Waals surface area contributed by atoms with E-state index in [2.05, 4.69) is 6.07 Å². The van der Waals surface area contributed by atoms with E-state index in [-0.39, 0.29) is 11.8 Å². The molecule has 3 heteroatoms. The van der Waals surface area contributed by atoms with E-state index in [0.29, 0.717) is 0 Å². The van der Waals surface area contributed by atoms with Crippen LogP contribution in [0.15, 0.2) is 36.4 Å². The monoisotopic (exact) mass is 240 g/mol. The van der Waals surface area contributed by atoms with E-state index >= 15 is 0 Å². The van der Waals surface area contributed by atoms with Gasteiger partial charge in [-0.05, 0) is 55.2 Å². The predicted octanol–water partition coefficient (Wildman–Crippen LogP) is 2.79. The topological polar surface area (TPSA) is 59.1 Å². The highest BCUT2D eigenvalue weighted by Crippen LogP contribution is 2.29. The van der Waals surface area contributed by atoms with E-state index in [9.17, 15) is 5.11 Å². The van der Waals surface area contributed by atoms with Gasteiger partial charge in [0.2, 0.25) is 0 Å². The van der Waals surface area contributed by atoms with Gasteiger partial charge in [0.15, 0.2) is 0 Å². The number of aromatic nitrogens is 1. The first-order chi connectivity index (χ1) is 8.74. The number of rotatable bonds is 1. The lowest BCUT2D eigenvalue weighted by atomic mass is 9.91. The summed E-state index contributed by atoms with van der Waals surface area (Å²) in [6.45, 7) is 0. The highest BCUT2D eigenvalue weighted by atomic mass is 16.3. The fourth-order valence-corrected chi connectivity index (χ4v) is 2.49. The van der Waals surface area contributed by atoms with Crippen molar-refractivity contribution < 1.29 is 5.11 Å². The van der Waals surface area contributed by atoms with Crippen LogP contribution in [0.3, 0.4) is 0 Å². The molecule has 3 nitrogen and oxygen atoms in total. The third-order valence-corrected chi connectivity index (χ3v) is 3.50. The summed E-state index contributed by atoms with van der Waals surface area (Å²) in [6.07, 6.45) is 3.17.